The van der Waals surface area contributed by atoms with E-state index in [-0.39, 0.29) is 12.4 Å². The lowest BCUT2D eigenvalue weighted by Crippen LogP contribution is -2.43. The third-order valence-electron chi connectivity index (χ3n) is 2.80. The Bertz CT molecular complexity index is 418. The third-order valence-corrected chi connectivity index (χ3v) is 4.28. The second kappa shape index (κ2) is 6.14. The van der Waals surface area contributed by atoms with Crippen molar-refractivity contribution in [1.82, 2.24) is 4.90 Å². The van der Waals surface area contributed by atoms with Gasteiger partial charge in [-0.1, -0.05) is 0 Å². The van der Waals surface area contributed by atoms with Crippen LogP contribution in [0.15, 0.2) is 0 Å². The van der Waals surface area contributed by atoms with Gasteiger partial charge in [-0.15, -0.1) is 0 Å². The molecule has 1 amide bonds. The number of ether oxygens (including phenoxy) is 1. The molecule has 1 fully saturated rings. The minimum atomic E-state index is -3.54. The van der Waals surface area contributed by atoms with Crippen LogP contribution in [0.2, 0.25) is 0 Å². The number of carboxylic acid groups (broad SMARTS) is 1. The van der Waals surface area contributed by atoms with Gasteiger partial charge in [0.05, 0.1) is 12.4 Å². The predicted molar refractivity (Wildman–Crippen MR) is 62.9 cm³/mol. The molecule has 0 aromatic rings. The Hall–Kier alpha value is -1.15. The van der Waals surface area contributed by atoms with Gasteiger partial charge >= 0.3 is 5.97 Å². The summed E-state index contributed by atoms with van der Waals surface area (Å²) in [4.78, 5) is 23.8. The Balaban J connectivity index is 2.62. The molecule has 7 nitrogen and oxygen atoms in total. The molecule has 0 saturated carbocycles. The number of hydrogen-bond donors (Lipinski definition) is 1. The quantitative estimate of drug-likeness (QED) is 0.678. The average molecular weight is 279 g/mol. The van der Waals surface area contributed by atoms with Gasteiger partial charge in [0.1, 0.15) is 11.8 Å². The predicted octanol–water partition coefficient (Wildman–Crippen LogP) is -0.877. The number of rotatable bonds is 6. The van der Waals surface area contributed by atoms with Gasteiger partial charge in [0.2, 0.25) is 5.91 Å². The molecule has 1 rings (SSSR count). The number of carboxylic acids is 1. The third kappa shape index (κ3) is 3.95. The number of hydrogen-bond acceptors (Lipinski definition) is 5. The van der Waals surface area contributed by atoms with E-state index in [4.69, 9.17) is 5.11 Å². The van der Waals surface area contributed by atoms with Gasteiger partial charge in [0, 0.05) is 13.7 Å². The number of carbonyl (C=O) groups excluding carboxylic acids is 1. The molecule has 0 spiro atoms. The van der Waals surface area contributed by atoms with Crippen LogP contribution in [0.25, 0.3) is 0 Å². The summed E-state index contributed by atoms with van der Waals surface area (Å²) >= 11 is 0. The van der Waals surface area contributed by atoms with E-state index in [1.165, 1.54) is 7.11 Å². The number of amides is 1. The maximum atomic E-state index is 11.8. The molecule has 1 aliphatic heterocycles. The lowest BCUT2D eigenvalue weighted by Gasteiger charge is -2.21. The monoisotopic (exact) mass is 279 g/mol. The molecule has 0 aromatic carbocycles. The first-order valence-electron chi connectivity index (χ1n) is 5.59. The highest BCUT2D eigenvalue weighted by molar-refractivity contribution is 7.92. The molecule has 1 heterocycles. The fourth-order valence-corrected chi connectivity index (χ4v) is 2.98. The van der Waals surface area contributed by atoms with Gasteiger partial charge in [-0.25, -0.2) is 13.2 Å². The van der Waals surface area contributed by atoms with Crippen LogP contribution in [-0.2, 0) is 24.2 Å². The van der Waals surface area contributed by atoms with Crippen molar-refractivity contribution in [2.75, 3.05) is 31.8 Å². The Morgan fingerprint density at radius 2 is 2.11 bits per heavy atom. The Morgan fingerprint density at radius 3 is 2.67 bits per heavy atom. The maximum Gasteiger partial charge on any atom is 0.326 e. The molecule has 1 saturated heterocycles. The van der Waals surface area contributed by atoms with Crippen LogP contribution < -0.4 is 0 Å². The molecular formula is C10H17NO6S. The molecule has 1 aliphatic rings. The summed E-state index contributed by atoms with van der Waals surface area (Å²) in [5.74, 6) is -2.62. The summed E-state index contributed by atoms with van der Waals surface area (Å²) in [6.45, 7) is 0.327. The SMILES string of the molecule is COCCS(=O)(=O)CC(=O)N1CCCC1C(=O)O. The van der Waals surface area contributed by atoms with E-state index >= 15 is 0 Å². The largest absolute Gasteiger partial charge is 0.480 e. The van der Waals surface area contributed by atoms with Crippen molar-refractivity contribution in [2.24, 2.45) is 0 Å². The van der Waals surface area contributed by atoms with Crippen LogP contribution in [0, 0.1) is 0 Å². The van der Waals surface area contributed by atoms with E-state index < -0.39 is 33.5 Å². The second-order valence-corrected chi connectivity index (χ2v) is 6.35. The lowest BCUT2D eigenvalue weighted by atomic mass is 10.2. The highest BCUT2D eigenvalue weighted by Crippen LogP contribution is 2.17. The van der Waals surface area contributed by atoms with E-state index in [0.717, 1.165) is 4.90 Å². The zero-order valence-corrected chi connectivity index (χ0v) is 11.0. The van der Waals surface area contributed by atoms with Gasteiger partial charge in [-0.2, -0.15) is 0 Å². The van der Waals surface area contributed by atoms with Crippen LogP contribution in [-0.4, -0.2) is 68.1 Å². The van der Waals surface area contributed by atoms with Crippen LogP contribution >= 0.6 is 0 Å². The molecule has 18 heavy (non-hydrogen) atoms. The van der Waals surface area contributed by atoms with Gasteiger partial charge in [-0.05, 0) is 12.8 Å². The molecular weight excluding hydrogens is 262 g/mol. The number of likely N-dealkylation sites (tertiary alicyclic amines) is 1. The Labute approximate surface area is 106 Å². The van der Waals surface area contributed by atoms with Crippen LogP contribution in [0.4, 0.5) is 0 Å². The van der Waals surface area contributed by atoms with Gasteiger partial charge in [0.15, 0.2) is 9.84 Å². The zero-order chi connectivity index (χ0) is 13.8. The standard InChI is InChI=1S/C10H17NO6S/c1-17-5-6-18(15,16)7-9(12)11-4-2-3-8(11)10(13)14/h8H,2-7H2,1H3,(H,13,14). The Morgan fingerprint density at radius 1 is 1.44 bits per heavy atom. The molecule has 0 bridgehead atoms. The van der Waals surface area contributed by atoms with E-state index in [1.54, 1.807) is 0 Å². The normalized spacial score (nSPS) is 20.1. The van der Waals surface area contributed by atoms with Crippen molar-refractivity contribution in [1.29, 1.82) is 0 Å². The highest BCUT2D eigenvalue weighted by Gasteiger charge is 2.35. The first kappa shape index (κ1) is 14.9. The molecule has 8 heteroatoms. The van der Waals surface area contributed by atoms with Crippen molar-refractivity contribution >= 4 is 21.7 Å². The van der Waals surface area contributed by atoms with E-state index in [1.807, 2.05) is 0 Å². The zero-order valence-electron chi connectivity index (χ0n) is 10.2. The molecule has 104 valence electrons. The summed E-state index contributed by atoms with van der Waals surface area (Å²) < 4.78 is 27.8. The van der Waals surface area contributed by atoms with E-state index in [0.29, 0.717) is 19.4 Å². The number of carbonyl (C=O) groups is 2. The fraction of sp³-hybridized carbons (Fsp3) is 0.800. The van der Waals surface area contributed by atoms with Gasteiger partial charge < -0.3 is 14.7 Å². The average Bonchev–Trinajstić information content (AvgIpc) is 2.74. The van der Waals surface area contributed by atoms with Gasteiger partial charge in [-0.3, -0.25) is 4.79 Å². The molecule has 1 unspecified atom stereocenters. The summed E-state index contributed by atoms with van der Waals surface area (Å²) in [6, 6.07) is -0.893. The molecule has 1 N–H and O–H groups in total. The molecule has 0 aromatic heterocycles. The van der Waals surface area contributed by atoms with Crippen molar-refractivity contribution in [3.63, 3.8) is 0 Å². The van der Waals surface area contributed by atoms with Crippen molar-refractivity contribution in [3.8, 4) is 0 Å². The number of aliphatic carboxylic acids is 1. The fourth-order valence-electron chi connectivity index (χ4n) is 1.88. The van der Waals surface area contributed by atoms with Crippen molar-refractivity contribution in [3.05, 3.63) is 0 Å². The minimum absolute atomic E-state index is 0.0258. The lowest BCUT2D eigenvalue weighted by molar-refractivity contribution is -0.147. The van der Waals surface area contributed by atoms with E-state index in [2.05, 4.69) is 4.74 Å². The van der Waals surface area contributed by atoms with Crippen molar-refractivity contribution < 1.29 is 27.9 Å². The number of nitrogens with zero attached hydrogens (tertiary/aromatic N) is 1. The van der Waals surface area contributed by atoms with Gasteiger partial charge in [0.25, 0.3) is 0 Å². The molecule has 0 aliphatic carbocycles. The number of methoxy groups -OCH3 is 1. The van der Waals surface area contributed by atoms with Crippen LogP contribution in [0.3, 0.4) is 0 Å². The highest BCUT2D eigenvalue weighted by atomic mass is 32.2. The summed E-state index contributed by atoms with van der Waals surface area (Å²) in [5, 5.41) is 8.91. The van der Waals surface area contributed by atoms with Crippen molar-refractivity contribution in [2.45, 2.75) is 18.9 Å². The Kier molecular flexibility index (Phi) is 5.09. The summed E-state index contributed by atoms with van der Waals surface area (Å²) in [6.07, 6.45) is 0.958. The van der Waals surface area contributed by atoms with Crippen LogP contribution in [0.1, 0.15) is 12.8 Å². The first-order chi connectivity index (χ1) is 8.37. The number of sulfone groups is 1. The van der Waals surface area contributed by atoms with E-state index in [9.17, 15) is 18.0 Å². The second-order valence-electron chi connectivity index (χ2n) is 4.17. The topological polar surface area (TPSA) is 101 Å². The summed E-state index contributed by atoms with van der Waals surface area (Å²) in [5.41, 5.74) is 0. The molecule has 0 radical (unpaired) electrons. The summed E-state index contributed by atoms with van der Waals surface area (Å²) in [7, 11) is -2.17. The smallest absolute Gasteiger partial charge is 0.326 e. The maximum absolute atomic E-state index is 11.8. The first-order valence-corrected chi connectivity index (χ1v) is 7.41. The minimum Gasteiger partial charge on any atom is -0.480 e. The van der Waals surface area contributed by atoms with Crippen LogP contribution in [0.5, 0.6) is 0 Å². The molecule has 1 atom stereocenters.